The SMILES string of the molecule is CCCc1nc(N2CCC(CC)(CC)CC2)sc1C=O. The molecule has 1 saturated heterocycles. The van der Waals surface area contributed by atoms with Crippen molar-refractivity contribution in [1.29, 1.82) is 0 Å². The van der Waals surface area contributed by atoms with Gasteiger partial charge in [0.25, 0.3) is 0 Å². The molecule has 3 nitrogen and oxygen atoms in total. The molecule has 0 atom stereocenters. The number of hydrogen-bond acceptors (Lipinski definition) is 4. The molecular weight excluding hydrogens is 268 g/mol. The lowest BCUT2D eigenvalue weighted by Crippen LogP contribution is -2.39. The molecule has 1 aliphatic rings. The van der Waals surface area contributed by atoms with E-state index in [1.165, 1.54) is 25.7 Å². The van der Waals surface area contributed by atoms with Gasteiger partial charge in [0.05, 0.1) is 10.6 Å². The molecule has 1 fully saturated rings. The third-order valence-corrected chi connectivity index (χ3v) is 5.99. The molecule has 0 saturated carbocycles. The summed E-state index contributed by atoms with van der Waals surface area (Å²) in [7, 11) is 0. The summed E-state index contributed by atoms with van der Waals surface area (Å²) < 4.78 is 0. The first-order valence-electron chi connectivity index (χ1n) is 7.87. The van der Waals surface area contributed by atoms with Gasteiger partial charge in [0.2, 0.25) is 0 Å². The second kappa shape index (κ2) is 6.70. The predicted octanol–water partition coefficient (Wildman–Crippen LogP) is 4.31. The van der Waals surface area contributed by atoms with Crippen LogP contribution in [0.1, 0.15) is 68.2 Å². The third kappa shape index (κ3) is 3.05. The monoisotopic (exact) mass is 294 g/mol. The lowest BCUT2D eigenvalue weighted by atomic mass is 9.74. The van der Waals surface area contributed by atoms with E-state index in [1.807, 2.05) is 0 Å². The molecule has 0 spiro atoms. The largest absolute Gasteiger partial charge is 0.348 e. The number of aromatic nitrogens is 1. The normalized spacial score (nSPS) is 18.2. The van der Waals surface area contributed by atoms with Gasteiger partial charge in [-0.2, -0.15) is 0 Å². The van der Waals surface area contributed by atoms with Gasteiger partial charge in [-0.15, -0.1) is 0 Å². The maximum Gasteiger partial charge on any atom is 0.186 e. The van der Waals surface area contributed by atoms with E-state index in [-0.39, 0.29) is 0 Å². The van der Waals surface area contributed by atoms with Crippen LogP contribution in [-0.2, 0) is 6.42 Å². The lowest BCUT2D eigenvalue weighted by molar-refractivity contribution is 0.112. The molecular formula is C16H26N2OS. The van der Waals surface area contributed by atoms with Crippen LogP contribution < -0.4 is 4.90 Å². The Bertz CT molecular complexity index is 441. The van der Waals surface area contributed by atoms with E-state index < -0.39 is 0 Å². The minimum absolute atomic E-state index is 0.535. The molecule has 20 heavy (non-hydrogen) atoms. The van der Waals surface area contributed by atoms with Crippen LogP contribution in [-0.4, -0.2) is 24.4 Å². The van der Waals surface area contributed by atoms with Gasteiger partial charge >= 0.3 is 0 Å². The fourth-order valence-electron chi connectivity index (χ4n) is 3.12. The van der Waals surface area contributed by atoms with Crippen molar-refractivity contribution in [3.8, 4) is 0 Å². The van der Waals surface area contributed by atoms with Crippen molar-refractivity contribution in [1.82, 2.24) is 4.98 Å². The van der Waals surface area contributed by atoms with Crippen molar-refractivity contribution in [2.45, 2.75) is 59.3 Å². The molecule has 0 aromatic carbocycles. The highest BCUT2D eigenvalue weighted by molar-refractivity contribution is 7.17. The Labute approximate surface area is 126 Å². The van der Waals surface area contributed by atoms with E-state index in [1.54, 1.807) is 11.3 Å². The topological polar surface area (TPSA) is 33.2 Å². The summed E-state index contributed by atoms with van der Waals surface area (Å²) in [5, 5.41) is 1.05. The van der Waals surface area contributed by atoms with Crippen molar-refractivity contribution in [3.05, 3.63) is 10.6 Å². The summed E-state index contributed by atoms with van der Waals surface area (Å²) in [5.74, 6) is 0. The van der Waals surface area contributed by atoms with E-state index in [0.717, 1.165) is 47.9 Å². The van der Waals surface area contributed by atoms with Gasteiger partial charge in [-0.3, -0.25) is 4.79 Å². The molecule has 112 valence electrons. The van der Waals surface area contributed by atoms with Gasteiger partial charge in [0.15, 0.2) is 11.4 Å². The van der Waals surface area contributed by atoms with E-state index >= 15 is 0 Å². The zero-order valence-electron chi connectivity index (χ0n) is 12.9. The molecule has 0 N–H and O–H groups in total. The van der Waals surface area contributed by atoms with Gasteiger partial charge in [-0.05, 0) is 24.7 Å². The van der Waals surface area contributed by atoms with Crippen molar-refractivity contribution < 1.29 is 4.79 Å². The molecule has 0 radical (unpaired) electrons. The molecule has 0 bridgehead atoms. The summed E-state index contributed by atoms with van der Waals surface area (Å²) >= 11 is 1.57. The summed E-state index contributed by atoms with van der Waals surface area (Å²) in [4.78, 5) is 19.1. The van der Waals surface area contributed by atoms with Gasteiger partial charge in [0, 0.05) is 13.1 Å². The smallest absolute Gasteiger partial charge is 0.186 e. The average molecular weight is 294 g/mol. The highest BCUT2D eigenvalue weighted by Gasteiger charge is 2.32. The molecule has 1 aromatic rings. The fraction of sp³-hybridized carbons (Fsp3) is 0.750. The van der Waals surface area contributed by atoms with Crippen molar-refractivity contribution in [2.24, 2.45) is 5.41 Å². The van der Waals surface area contributed by atoms with Gasteiger partial charge in [-0.1, -0.05) is 51.4 Å². The first-order valence-corrected chi connectivity index (χ1v) is 8.69. The number of aryl methyl sites for hydroxylation is 1. The Morgan fingerprint density at radius 3 is 2.40 bits per heavy atom. The van der Waals surface area contributed by atoms with Crippen molar-refractivity contribution in [3.63, 3.8) is 0 Å². The minimum atomic E-state index is 0.535. The van der Waals surface area contributed by atoms with Crippen LogP contribution in [0.3, 0.4) is 0 Å². The van der Waals surface area contributed by atoms with Crippen LogP contribution in [0.5, 0.6) is 0 Å². The Hall–Kier alpha value is -0.900. The van der Waals surface area contributed by atoms with E-state index in [2.05, 4.69) is 25.7 Å². The molecule has 1 aromatic heterocycles. The lowest BCUT2D eigenvalue weighted by Gasteiger charge is -2.40. The van der Waals surface area contributed by atoms with E-state index in [0.29, 0.717) is 5.41 Å². The van der Waals surface area contributed by atoms with Gasteiger partial charge in [-0.25, -0.2) is 4.98 Å². The zero-order valence-corrected chi connectivity index (χ0v) is 13.8. The number of piperidine rings is 1. The maximum absolute atomic E-state index is 11.1. The standard InChI is InChI=1S/C16H26N2OS/c1-4-7-13-14(12-19)20-15(17-13)18-10-8-16(5-2,6-3)9-11-18/h12H,4-11H2,1-3H3. The maximum atomic E-state index is 11.1. The highest BCUT2D eigenvalue weighted by Crippen LogP contribution is 2.40. The van der Waals surface area contributed by atoms with Crippen LogP contribution in [0.25, 0.3) is 0 Å². The van der Waals surface area contributed by atoms with Crippen LogP contribution in [0.15, 0.2) is 0 Å². The van der Waals surface area contributed by atoms with Gasteiger partial charge in [0.1, 0.15) is 0 Å². The summed E-state index contributed by atoms with van der Waals surface area (Å²) in [5.41, 5.74) is 1.53. The van der Waals surface area contributed by atoms with Gasteiger partial charge < -0.3 is 4.90 Å². The second-order valence-corrected chi connectivity index (χ2v) is 6.88. The molecule has 0 amide bonds. The van der Waals surface area contributed by atoms with Crippen LogP contribution in [0, 0.1) is 5.41 Å². The Morgan fingerprint density at radius 2 is 1.90 bits per heavy atom. The van der Waals surface area contributed by atoms with Crippen molar-refractivity contribution in [2.75, 3.05) is 18.0 Å². The summed E-state index contributed by atoms with van der Waals surface area (Å²) in [6.45, 7) is 8.92. The number of carbonyl (C=O) groups is 1. The zero-order chi connectivity index (χ0) is 14.6. The number of hydrogen-bond donors (Lipinski definition) is 0. The predicted molar refractivity (Wildman–Crippen MR) is 86.0 cm³/mol. The number of anilines is 1. The first-order chi connectivity index (χ1) is 9.68. The summed E-state index contributed by atoms with van der Waals surface area (Å²) in [6.07, 6.45) is 7.97. The number of aldehydes is 1. The minimum Gasteiger partial charge on any atom is -0.348 e. The fourth-order valence-corrected chi connectivity index (χ4v) is 4.10. The number of thiazole rings is 1. The van der Waals surface area contributed by atoms with Crippen LogP contribution in [0.2, 0.25) is 0 Å². The Balaban J connectivity index is 2.08. The quantitative estimate of drug-likeness (QED) is 0.733. The Morgan fingerprint density at radius 1 is 1.25 bits per heavy atom. The van der Waals surface area contributed by atoms with Crippen LogP contribution in [0.4, 0.5) is 5.13 Å². The number of rotatable bonds is 6. The summed E-state index contributed by atoms with van der Waals surface area (Å²) in [6, 6.07) is 0. The Kier molecular flexibility index (Phi) is 5.19. The molecule has 2 heterocycles. The van der Waals surface area contributed by atoms with Crippen LogP contribution >= 0.6 is 11.3 Å². The van der Waals surface area contributed by atoms with E-state index in [4.69, 9.17) is 4.98 Å². The number of nitrogens with zero attached hydrogens (tertiary/aromatic N) is 2. The molecule has 4 heteroatoms. The van der Waals surface area contributed by atoms with Crippen molar-refractivity contribution >= 4 is 22.8 Å². The van der Waals surface area contributed by atoms with E-state index in [9.17, 15) is 4.79 Å². The first kappa shape index (κ1) is 15.5. The molecule has 2 rings (SSSR count). The highest BCUT2D eigenvalue weighted by atomic mass is 32.1. The molecule has 1 aliphatic heterocycles. The number of carbonyl (C=O) groups excluding carboxylic acids is 1. The molecule has 0 unspecified atom stereocenters. The average Bonchev–Trinajstić information content (AvgIpc) is 2.91. The third-order valence-electron chi connectivity index (χ3n) is 4.90. The second-order valence-electron chi connectivity index (χ2n) is 5.87. The molecule has 0 aliphatic carbocycles.